The van der Waals surface area contributed by atoms with Gasteiger partial charge in [-0.15, -0.1) is 0 Å². The van der Waals surface area contributed by atoms with Gasteiger partial charge >= 0.3 is 5.97 Å². The number of ketones is 1. The van der Waals surface area contributed by atoms with Crippen molar-refractivity contribution in [3.63, 3.8) is 0 Å². The summed E-state index contributed by atoms with van der Waals surface area (Å²) in [6.45, 7) is 6.69. The lowest BCUT2D eigenvalue weighted by Crippen LogP contribution is -2.45. The molecule has 0 spiro atoms. The Hall–Kier alpha value is -3.48. The van der Waals surface area contributed by atoms with Gasteiger partial charge in [-0.1, -0.05) is 39.0 Å². The van der Waals surface area contributed by atoms with Gasteiger partial charge in [0.25, 0.3) is 5.91 Å². The largest absolute Gasteiger partial charge is 0.456 e. The Labute approximate surface area is 182 Å². The van der Waals surface area contributed by atoms with Crippen molar-refractivity contribution in [2.24, 2.45) is 5.92 Å². The number of benzene rings is 2. The smallest absolute Gasteiger partial charge is 0.329 e. The summed E-state index contributed by atoms with van der Waals surface area (Å²) in [7, 11) is 0. The molecule has 2 aromatic carbocycles. The summed E-state index contributed by atoms with van der Waals surface area (Å²) in [5.74, 6) is -1.77. The molecule has 0 radical (unpaired) electrons. The maximum absolute atomic E-state index is 12.6. The zero-order valence-electron chi connectivity index (χ0n) is 18.2. The molecule has 0 aromatic heterocycles. The van der Waals surface area contributed by atoms with Gasteiger partial charge in [0.2, 0.25) is 5.91 Å². The van der Waals surface area contributed by atoms with Crippen LogP contribution in [0, 0.1) is 12.8 Å². The number of esters is 1. The number of ether oxygens (including phenoxy) is 1. The standard InChI is InChI=1S/C24H28N2O5/c1-5-21(28)25-18-12-10-17(11-13-18)20(27)14-31-24(30)22(15(2)3)26-23(29)19-9-7-6-8-16(19)4/h6-13,15,22H,5,14H2,1-4H3,(H,25,28)(H,26,29)/t22-/m0/s1. The van der Waals surface area contributed by atoms with Crippen molar-refractivity contribution >= 4 is 29.3 Å². The summed E-state index contributed by atoms with van der Waals surface area (Å²) in [6, 6.07) is 12.5. The Morgan fingerprint density at radius 1 is 0.968 bits per heavy atom. The fourth-order valence-electron chi connectivity index (χ4n) is 2.84. The molecule has 1 atom stereocenters. The Kier molecular flexibility index (Phi) is 8.49. The van der Waals surface area contributed by atoms with Crippen LogP contribution in [-0.2, 0) is 14.3 Å². The van der Waals surface area contributed by atoms with E-state index in [0.29, 0.717) is 23.2 Å². The molecule has 164 valence electrons. The quantitative estimate of drug-likeness (QED) is 0.474. The van der Waals surface area contributed by atoms with Crippen LogP contribution in [-0.4, -0.2) is 36.2 Å². The summed E-state index contributed by atoms with van der Waals surface area (Å²) in [4.78, 5) is 48.9. The monoisotopic (exact) mass is 424 g/mol. The summed E-state index contributed by atoms with van der Waals surface area (Å²) in [5, 5.41) is 5.40. The van der Waals surface area contributed by atoms with Gasteiger partial charge in [0, 0.05) is 23.2 Å². The van der Waals surface area contributed by atoms with Gasteiger partial charge in [-0.25, -0.2) is 4.79 Å². The third kappa shape index (κ3) is 6.77. The first-order valence-corrected chi connectivity index (χ1v) is 10.2. The third-order valence-corrected chi connectivity index (χ3v) is 4.75. The zero-order chi connectivity index (χ0) is 23.0. The van der Waals surface area contributed by atoms with Crippen LogP contribution < -0.4 is 10.6 Å². The fourth-order valence-corrected chi connectivity index (χ4v) is 2.84. The van der Waals surface area contributed by atoms with Crippen LogP contribution in [0.3, 0.4) is 0 Å². The van der Waals surface area contributed by atoms with Crippen molar-refractivity contribution in [3.05, 3.63) is 65.2 Å². The molecular formula is C24H28N2O5. The lowest BCUT2D eigenvalue weighted by atomic mass is 10.0. The number of anilines is 1. The van der Waals surface area contributed by atoms with E-state index in [-0.39, 0.29) is 23.5 Å². The molecule has 0 saturated carbocycles. The van der Waals surface area contributed by atoms with Gasteiger partial charge in [-0.05, 0) is 48.7 Å². The van der Waals surface area contributed by atoms with Crippen LogP contribution >= 0.6 is 0 Å². The lowest BCUT2D eigenvalue weighted by Gasteiger charge is -2.21. The van der Waals surface area contributed by atoms with Crippen LogP contribution in [0.5, 0.6) is 0 Å². The number of hydrogen-bond acceptors (Lipinski definition) is 5. The predicted octanol–water partition coefficient (Wildman–Crippen LogP) is 3.52. The second-order valence-corrected chi connectivity index (χ2v) is 7.52. The Morgan fingerprint density at radius 2 is 1.61 bits per heavy atom. The van der Waals surface area contributed by atoms with E-state index in [9.17, 15) is 19.2 Å². The highest BCUT2D eigenvalue weighted by atomic mass is 16.5. The van der Waals surface area contributed by atoms with Crippen LogP contribution in [0.15, 0.2) is 48.5 Å². The van der Waals surface area contributed by atoms with Crippen LogP contribution in [0.1, 0.15) is 53.5 Å². The summed E-state index contributed by atoms with van der Waals surface area (Å²) in [6.07, 6.45) is 0.355. The molecule has 0 heterocycles. The van der Waals surface area contributed by atoms with E-state index in [1.54, 1.807) is 57.2 Å². The maximum Gasteiger partial charge on any atom is 0.329 e. The second kappa shape index (κ2) is 11.1. The molecule has 0 bridgehead atoms. The number of rotatable bonds is 9. The van der Waals surface area contributed by atoms with Gasteiger partial charge in [-0.2, -0.15) is 0 Å². The molecule has 2 N–H and O–H groups in total. The van der Waals surface area contributed by atoms with Gasteiger partial charge in [0.1, 0.15) is 6.04 Å². The Morgan fingerprint density at radius 3 is 2.19 bits per heavy atom. The van der Waals surface area contributed by atoms with Gasteiger partial charge < -0.3 is 15.4 Å². The van der Waals surface area contributed by atoms with E-state index in [1.165, 1.54) is 0 Å². The number of hydrogen-bond donors (Lipinski definition) is 2. The first-order valence-electron chi connectivity index (χ1n) is 10.2. The molecular weight excluding hydrogens is 396 g/mol. The normalized spacial score (nSPS) is 11.5. The average molecular weight is 424 g/mol. The zero-order valence-corrected chi connectivity index (χ0v) is 18.2. The number of carbonyl (C=O) groups is 4. The van der Waals surface area contributed by atoms with E-state index >= 15 is 0 Å². The van der Waals surface area contributed by atoms with Gasteiger partial charge in [-0.3, -0.25) is 14.4 Å². The SMILES string of the molecule is CCC(=O)Nc1ccc(C(=O)COC(=O)[C@@H](NC(=O)c2ccccc2C)C(C)C)cc1. The van der Waals surface area contributed by atoms with E-state index in [0.717, 1.165) is 5.56 Å². The molecule has 0 unspecified atom stereocenters. The maximum atomic E-state index is 12.6. The fraction of sp³-hybridized carbons (Fsp3) is 0.333. The number of amides is 2. The van der Waals surface area contributed by atoms with E-state index in [1.807, 2.05) is 19.1 Å². The van der Waals surface area contributed by atoms with Crippen molar-refractivity contribution in [2.45, 2.75) is 40.2 Å². The molecule has 0 saturated heterocycles. The first kappa shape index (κ1) is 23.8. The minimum Gasteiger partial charge on any atom is -0.456 e. The average Bonchev–Trinajstić information content (AvgIpc) is 2.75. The Balaban J connectivity index is 1.96. The van der Waals surface area contributed by atoms with Crippen molar-refractivity contribution in [2.75, 3.05) is 11.9 Å². The van der Waals surface area contributed by atoms with Crippen molar-refractivity contribution in [1.82, 2.24) is 5.32 Å². The minimum atomic E-state index is -0.883. The van der Waals surface area contributed by atoms with Crippen LogP contribution in [0.4, 0.5) is 5.69 Å². The number of aryl methyl sites for hydroxylation is 1. The van der Waals surface area contributed by atoms with E-state index in [2.05, 4.69) is 10.6 Å². The van der Waals surface area contributed by atoms with Gasteiger partial charge in [0.05, 0.1) is 0 Å². The topological polar surface area (TPSA) is 102 Å². The van der Waals surface area contributed by atoms with Crippen molar-refractivity contribution in [1.29, 1.82) is 0 Å². The summed E-state index contributed by atoms with van der Waals surface area (Å²) >= 11 is 0. The van der Waals surface area contributed by atoms with E-state index < -0.39 is 18.6 Å². The molecule has 0 aliphatic heterocycles. The molecule has 31 heavy (non-hydrogen) atoms. The third-order valence-electron chi connectivity index (χ3n) is 4.75. The number of carbonyl (C=O) groups excluding carboxylic acids is 4. The van der Waals surface area contributed by atoms with Crippen molar-refractivity contribution < 1.29 is 23.9 Å². The molecule has 2 rings (SSSR count). The van der Waals surface area contributed by atoms with Gasteiger partial charge in [0.15, 0.2) is 12.4 Å². The lowest BCUT2D eigenvalue weighted by molar-refractivity contribution is -0.146. The highest BCUT2D eigenvalue weighted by Crippen LogP contribution is 2.13. The molecule has 2 aromatic rings. The van der Waals surface area contributed by atoms with Crippen LogP contribution in [0.2, 0.25) is 0 Å². The molecule has 0 aliphatic rings. The molecule has 0 fully saturated rings. The van der Waals surface area contributed by atoms with E-state index in [4.69, 9.17) is 4.74 Å². The second-order valence-electron chi connectivity index (χ2n) is 7.52. The molecule has 7 heteroatoms. The number of Topliss-reactive ketones (excluding diaryl/α,β-unsaturated/α-hetero) is 1. The molecule has 0 aliphatic carbocycles. The minimum absolute atomic E-state index is 0.125. The number of nitrogens with one attached hydrogen (secondary N) is 2. The first-order chi connectivity index (χ1) is 14.7. The molecule has 2 amide bonds. The van der Waals surface area contributed by atoms with Crippen LogP contribution in [0.25, 0.3) is 0 Å². The molecule has 7 nitrogen and oxygen atoms in total. The predicted molar refractivity (Wildman–Crippen MR) is 118 cm³/mol. The summed E-state index contributed by atoms with van der Waals surface area (Å²) in [5.41, 5.74) is 2.21. The highest BCUT2D eigenvalue weighted by Gasteiger charge is 2.27. The Bertz CT molecular complexity index is 951. The summed E-state index contributed by atoms with van der Waals surface area (Å²) < 4.78 is 5.19. The highest BCUT2D eigenvalue weighted by molar-refractivity contribution is 6.00. The van der Waals surface area contributed by atoms with Crippen molar-refractivity contribution in [3.8, 4) is 0 Å².